The third-order valence-electron chi connectivity index (χ3n) is 3.37. The van der Waals surface area contributed by atoms with Crippen molar-refractivity contribution in [3.63, 3.8) is 0 Å². The van der Waals surface area contributed by atoms with Crippen molar-refractivity contribution in [2.24, 2.45) is 0 Å². The van der Waals surface area contributed by atoms with Crippen molar-refractivity contribution >= 4 is 21.8 Å². The maximum atomic E-state index is 12.1. The lowest BCUT2D eigenvalue weighted by molar-refractivity contribution is 0.0915. The van der Waals surface area contributed by atoms with E-state index in [4.69, 9.17) is 9.47 Å². The van der Waals surface area contributed by atoms with E-state index >= 15 is 0 Å². The van der Waals surface area contributed by atoms with Gasteiger partial charge in [-0.2, -0.15) is 0 Å². The number of halogens is 1. The minimum absolute atomic E-state index is 0.0929. The van der Waals surface area contributed by atoms with Gasteiger partial charge < -0.3 is 19.9 Å². The van der Waals surface area contributed by atoms with Crippen molar-refractivity contribution in [1.82, 2.24) is 5.32 Å². The molecule has 0 aromatic heterocycles. The molecule has 6 heteroatoms. The van der Waals surface area contributed by atoms with Crippen LogP contribution in [0, 0.1) is 0 Å². The molecule has 0 aliphatic carbocycles. The number of hydrogen-bond donors (Lipinski definition) is 2. The van der Waals surface area contributed by atoms with E-state index < -0.39 is 6.10 Å². The lowest BCUT2D eigenvalue weighted by Crippen LogP contribution is -2.28. The largest absolute Gasteiger partial charge is 0.493 e. The molecule has 122 valence electrons. The molecule has 0 spiro atoms. The second-order valence-corrected chi connectivity index (χ2v) is 5.67. The van der Waals surface area contributed by atoms with Gasteiger partial charge in [0, 0.05) is 11.0 Å². The van der Waals surface area contributed by atoms with E-state index in [2.05, 4.69) is 21.2 Å². The summed E-state index contributed by atoms with van der Waals surface area (Å²) < 4.78 is 11.1. The van der Waals surface area contributed by atoms with Crippen LogP contribution in [0.4, 0.5) is 0 Å². The van der Waals surface area contributed by atoms with Gasteiger partial charge in [-0.3, -0.25) is 4.79 Å². The first-order valence-corrected chi connectivity index (χ1v) is 7.78. The van der Waals surface area contributed by atoms with Gasteiger partial charge in [0.05, 0.1) is 25.9 Å². The van der Waals surface area contributed by atoms with Crippen LogP contribution in [-0.4, -0.2) is 31.8 Å². The third-order valence-corrected chi connectivity index (χ3v) is 4.06. The van der Waals surface area contributed by atoms with Crippen LogP contribution in [0.2, 0.25) is 0 Å². The summed E-state index contributed by atoms with van der Waals surface area (Å²) in [5.41, 5.74) is 1.15. The minimum Gasteiger partial charge on any atom is -0.493 e. The molecule has 2 rings (SSSR count). The average molecular weight is 380 g/mol. The topological polar surface area (TPSA) is 67.8 Å². The molecule has 5 nitrogen and oxygen atoms in total. The first-order chi connectivity index (χ1) is 11.1. The predicted octanol–water partition coefficient (Wildman–Crippen LogP) is 2.93. The molecule has 0 radical (unpaired) electrons. The number of carbonyl (C=O) groups excluding carboxylic acids is 1. The minimum atomic E-state index is -0.846. The van der Waals surface area contributed by atoms with Crippen molar-refractivity contribution in [1.29, 1.82) is 0 Å². The molecule has 1 atom stereocenters. The Hall–Kier alpha value is -2.05. The fourth-order valence-corrected chi connectivity index (χ4v) is 2.57. The predicted molar refractivity (Wildman–Crippen MR) is 91.0 cm³/mol. The normalized spacial score (nSPS) is 11.7. The quantitative estimate of drug-likeness (QED) is 0.809. The van der Waals surface area contributed by atoms with Crippen molar-refractivity contribution in [3.05, 3.63) is 58.1 Å². The third kappa shape index (κ3) is 4.24. The Morgan fingerprint density at radius 1 is 1.17 bits per heavy atom. The molecule has 23 heavy (non-hydrogen) atoms. The molecular formula is C17H18BrNO4. The standard InChI is InChI=1S/C17H18BrNO4/c1-22-15-8-7-11(9-16(15)23-2)14(20)10-19-17(21)12-5-3-4-6-13(12)18/h3-9,14,20H,10H2,1-2H3,(H,19,21)/t14-/m1/s1. The van der Waals surface area contributed by atoms with E-state index in [0.717, 1.165) is 0 Å². The molecule has 0 aliphatic rings. The SMILES string of the molecule is COc1ccc([C@H](O)CNC(=O)c2ccccc2Br)cc1OC. The van der Waals surface area contributed by atoms with Crippen LogP contribution in [0.1, 0.15) is 22.0 Å². The molecule has 0 fully saturated rings. The zero-order valence-electron chi connectivity index (χ0n) is 12.9. The molecule has 0 aliphatic heterocycles. The molecule has 0 saturated heterocycles. The van der Waals surface area contributed by atoms with Crippen LogP contribution < -0.4 is 14.8 Å². The first kappa shape index (κ1) is 17.3. The summed E-state index contributed by atoms with van der Waals surface area (Å²) in [5.74, 6) is 0.860. The lowest BCUT2D eigenvalue weighted by Gasteiger charge is -2.15. The van der Waals surface area contributed by atoms with Gasteiger partial charge in [0.25, 0.3) is 5.91 Å². The van der Waals surface area contributed by atoms with Crippen LogP contribution in [-0.2, 0) is 0 Å². The second kappa shape index (κ2) is 7.99. The molecule has 1 amide bonds. The summed E-state index contributed by atoms with van der Waals surface area (Å²) in [6.45, 7) is 0.0929. The Bertz CT molecular complexity index is 690. The molecule has 2 aromatic carbocycles. The number of ether oxygens (including phenoxy) is 2. The number of aliphatic hydroxyl groups excluding tert-OH is 1. The number of methoxy groups -OCH3 is 2. The van der Waals surface area contributed by atoms with Crippen LogP contribution in [0.15, 0.2) is 46.9 Å². The highest BCUT2D eigenvalue weighted by molar-refractivity contribution is 9.10. The van der Waals surface area contributed by atoms with E-state index in [-0.39, 0.29) is 12.5 Å². The number of amides is 1. The van der Waals surface area contributed by atoms with Crippen molar-refractivity contribution in [2.45, 2.75) is 6.10 Å². The van der Waals surface area contributed by atoms with Gasteiger partial charge in [-0.15, -0.1) is 0 Å². The first-order valence-electron chi connectivity index (χ1n) is 6.99. The van der Waals surface area contributed by atoms with Crippen molar-refractivity contribution in [2.75, 3.05) is 20.8 Å². The maximum absolute atomic E-state index is 12.1. The van der Waals surface area contributed by atoms with Gasteiger partial charge in [0.2, 0.25) is 0 Å². The Labute approximate surface area is 143 Å². The lowest BCUT2D eigenvalue weighted by atomic mass is 10.1. The summed E-state index contributed by atoms with van der Waals surface area (Å²) in [7, 11) is 3.08. The Kier molecular flexibility index (Phi) is 6.01. The highest BCUT2D eigenvalue weighted by Gasteiger charge is 2.14. The Morgan fingerprint density at radius 3 is 2.52 bits per heavy atom. The maximum Gasteiger partial charge on any atom is 0.252 e. The van der Waals surface area contributed by atoms with Crippen LogP contribution >= 0.6 is 15.9 Å². The van der Waals surface area contributed by atoms with E-state index in [1.165, 1.54) is 7.11 Å². The molecule has 0 unspecified atom stereocenters. The summed E-state index contributed by atoms with van der Waals surface area (Å²) in [5, 5.41) is 13.0. The average Bonchev–Trinajstić information content (AvgIpc) is 2.59. The van der Waals surface area contributed by atoms with E-state index in [0.29, 0.717) is 27.1 Å². The van der Waals surface area contributed by atoms with Gasteiger partial charge >= 0.3 is 0 Å². The number of benzene rings is 2. The fourth-order valence-electron chi connectivity index (χ4n) is 2.11. The Morgan fingerprint density at radius 2 is 1.87 bits per heavy atom. The van der Waals surface area contributed by atoms with Gasteiger partial charge in [-0.25, -0.2) is 0 Å². The molecular weight excluding hydrogens is 362 g/mol. The smallest absolute Gasteiger partial charge is 0.252 e. The van der Waals surface area contributed by atoms with Gasteiger partial charge in [-0.05, 0) is 45.8 Å². The van der Waals surface area contributed by atoms with Gasteiger partial charge in [0.1, 0.15) is 0 Å². The Balaban J connectivity index is 2.03. The second-order valence-electron chi connectivity index (χ2n) is 4.82. The summed E-state index contributed by atoms with van der Waals surface area (Å²) in [4.78, 5) is 12.1. The number of aliphatic hydroxyl groups is 1. The van der Waals surface area contributed by atoms with Gasteiger partial charge in [-0.1, -0.05) is 18.2 Å². The van der Waals surface area contributed by atoms with Crippen LogP contribution in [0.25, 0.3) is 0 Å². The van der Waals surface area contributed by atoms with Crippen LogP contribution in [0.3, 0.4) is 0 Å². The number of nitrogens with one attached hydrogen (secondary N) is 1. The zero-order valence-corrected chi connectivity index (χ0v) is 14.5. The van der Waals surface area contributed by atoms with E-state index in [9.17, 15) is 9.90 Å². The highest BCUT2D eigenvalue weighted by Crippen LogP contribution is 2.29. The monoisotopic (exact) mass is 379 g/mol. The van der Waals surface area contributed by atoms with E-state index in [1.54, 1.807) is 43.5 Å². The van der Waals surface area contributed by atoms with Crippen molar-refractivity contribution < 1.29 is 19.4 Å². The van der Waals surface area contributed by atoms with Crippen molar-refractivity contribution in [3.8, 4) is 11.5 Å². The highest BCUT2D eigenvalue weighted by atomic mass is 79.9. The molecule has 0 heterocycles. The number of rotatable bonds is 6. The summed E-state index contributed by atoms with van der Waals surface area (Å²) in [6, 6.07) is 12.3. The molecule has 2 N–H and O–H groups in total. The molecule has 2 aromatic rings. The van der Waals surface area contributed by atoms with Gasteiger partial charge in [0.15, 0.2) is 11.5 Å². The fraction of sp³-hybridized carbons (Fsp3) is 0.235. The summed E-state index contributed by atoms with van der Waals surface area (Å²) >= 11 is 3.33. The van der Waals surface area contributed by atoms with E-state index in [1.807, 2.05) is 6.07 Å². The summed E-state index contributed by atoms with van der Waals surface area (Å²) in [6.07, 6.45) is -0.846. The number of hydrogen-bond acceptors (Lipinski definition) is 4. The number of carbonyl (C=O) groups is 1. The zero-order chi connectivity index (χ0) is 16.8. The van der Waals surface area contributed by atoms with Crippen LogP contribution in [0.5, 0.6) is 11.5 Å². The molecule has 0 bridgehead atoms. The molecule has 0 saturated carbocycles.